The van der Waals surface area contributed by atoms with Crippen molar-refractivity contribution in [2.75, 3.05) is 10.0 Å². The standard InChI is InChI=1S/C19H15ClFN5O2S2/c20-13-3-1-12(2-4-13)9-15-11-18(25-24-15)23-14-5-6-17(16(21)10-14)30(27,28)26-19-22-7-8-29-19/h1-8,10-11H,9H2,(H,22,26)(H2,23,24,25). The van der Waals surface area contributed by atoms with Gasteiger partial charge in [-0.2, -0.15) is 5.10 Å². The number of sulfonamides is 1. The zero-order chi connectivity index (χ0) is 21.1. The van der Waals surface area contributed by atoms with Gasteiger partial charge in [-0.15, -0.1) is 11.3 Å². The van der Waals surface area contributed by atoms with Gasteiger partial charge in [0.05, 0.1) is 5.69 Å². The zero-order valence-electron chi connectivity index (χ0n) is 15.3. The van der Waals surface area contributed by atoms with Gasteiger partial charge in [-0.3, -0.25) is 9.82 Å². The highest BCUT2D eigenvalue weighted by molar-refractivity contribution is 7.93. The van der Waals surface area contributed by atoms with Gasteiger partial charge in [0.15, 0.2) is 5.13 Å². The smallest absolute Gasteiger partial charge is 0.266 e. The first-order valence-electron chi connectivity index (χ1n) is 8.67. The molecule has 0 radical (unpaired) electrons. The van der Waals surface area contributed by atoms with Crippen molar-refractivity contribution in [2.24, 2.45) is 0 Å². The molecule has 2 heterocycles. The molecule has 0 aliphatic rings. The Bertz CT molecular complexity index is 1260. The van der Waals surface area contributed by atoms with Crippen molar-refractivity contribution in [3.05, 3.63) is 82.2 Å². The van der Waals surface area contributed by atoms with Gasteiger partial charge in [0.2, 0.25) is 0 Å². The van der Waals surface area contributed by atoms with Gasteiger partial charge >= 0.3 is 0 Å². The second-order valence-corrected chi connectivity index (χ2v) is 9.27. The van der Waals surface area contributed by atoms with Crippen LogP contribution in [0.25, 0.3) is 0 Å². The lowest BCUT2D eigenvalue weighted by Crippen LogP contribution is -2.14. The molecule has 0 saturated heterocycles. The summed E-state index contributed by atoms with van der Waals surface area (Å²) in [4.78, 5) is 3.38. The molecule has 154 valence electrons. The summed E-state index contributed by atoms with van der Waals surface area (Å²) in [6.07, 6.45) is 2.06. The highest BCUT2D eigenvalue weighted by Crippen LogP contribution is 2.24. The normalized spacial score (nSPS) is 11.4. The van der Waals surface area contributed by atoms with Gasteiger partial charge in [0, 0.05) is 34.8 Å². The van der Waals surface area contributed by atoms with Crippen LogP contribution in [0.4, 0.5) is 21.0 Å². The molecular weight excluding hydrogens is 449 g/mol. The molecule has 4 aromatic rings. The number of hydrogen-bond donors (Lipinski definition) is 3. The molecule has 0 amide bonds. The van der Waals surface area contributed by atoms with E-state index in [0.29, 0.717) is 22.9 Å². The van der Waals surface area contributed by atoms with Crippen LogP contribution in [0.15, 0.2) is 65.0 Å². The quantitative estimate of drug-likeness (QED) is 0.366. The molecule has 2 aromatic carbocycles. The number of benzene rings is 2. The first kappa shape index (κ1) is 20.3. The molecule has 0 aliphatic carbocycles. The monoisotopic (exact) mass is 463 g/mol. The van der Waals surface area contributed by atoms with Crippen LogP contribution in [0.3, 0.4) is 0 Å². The van der Waals surface area contributed by atoms with Crippen LogP contribution < -0.4 is 10.0 Å². The molecule has 11 heteroatoms. The Morgan fingerprint density at radius 1 is 1.13 bits per heavy atom. The summed E-state index contributed by atoms with van der Waals surface area (Å²) in [7, 11) is -4.07. The van der Waals surface area contributed by atoms with Crippen molar-refractivity contribution in [3.8, 4) is 0 Å². The summed E-state index contributed by atoms with van der Waals surface area (Å²) < 4.78 is 41.5. The fraction of sp³-hybridized carbons (Fsp3) is 0.0526. The van der Waals surface area contributed by atoms with Gasteiger partial charge in [0.1, 0.15) is 16.5 Å². The molecule has 0 saturated carbocycles. The third kappa shape index (κ3) is 4.78. The maximum absolute atomic E-state index is 14.5. The largest absolute Gasteiger partial charge is 0.341 e. The van der Waals surface area contributed by atoms with E-state index in [1.807, 2.05) is 24.3 Å². The highest BCUT2D eigenvalue weighted by Gasteiger charge is 2.20. The second kappa shape index (κ2) is 8.42. The molecule has 30 heavy (non-hydrogen) atoms. The van der Waals surface area contributed by atoms with Gasteiger partial charge < -0.3 is 5.32 Å². The van der Waals surface area contributed by atoms with Gasteiger partial charge in [-0.05, 0) is 35.9 Å². The van der Waals surface area contributed by atoms with Crippen LogP contribution in [0.5, 0.6) is 0 Å². The van der Waals surface area contributed by atoms with Crippen molar-refractivity contribution in [3.63, 3.8) is 0 Å². The van der Waals surface area contributed by atoms with Crippen LogP contribution in [-0.2, 0) is 16.4 Å². The minimum absolute atomic E-state index is 0.169. The summed E-state index contributed by atoms with van der Waals surface area (Å²) in [6.45, 7) is 0. The van der Waals surface area contributed by atoms with Crippen LogP contribution in [0, 0.1) is 5.82 Å². The summed E-state index contributed by atoms with van der Waals surface area (Å²) >= 11 is 6.99. The van der Waals surface area contributed by atoms with Crippen LogP contribution in [0.1, 0.15) is 11.3 Å². The van der Waals surface area contributed by atoms with Gasteiger partial charge in [-0.1, -0.05) is 23.7 Å². The Labute approximate surface area is 181 Å². The lowest BCUT2D eigenvalue weighted by molar-refractivity contribution is 0.570. The third-order valence-electron chi connectivity index (χ3n) is 4.08. The molecule has 4 rings (SSSR count). The average Bonchev–Trinajstić information content (AvgIpc) is 3.35. The Hall–Kier alpha value is -2.95. The molecule has 3 N–H and O–H groups in total. The first-order chi connectivity index (χ1) is 14.4. The summed E-state index contributed by atoms with van der Waals surface area (Å²) in [5, 5.41) is 12.5. The van der Waals surface area contributed by atoms with E-state index in [2.05, 4.69) is 25.2 Å². The molecule has 7 nitrogen and oxygen atoms in total. The van der Waals surface area contributed by atoms with Crippen molar-refractivity contribution >= 4 is 49.6 Å². The maximum Gasteiger partial charge on any atom is 0.266 e. The van der Waals surface area contributed by atoms with E-state index in [0.717, 1.165) is 28.7 Å². The summed E-state index contributed by atoms with van der Waals surface area (Å²) in [6, 6.07) is 13.0. The van der Waals surface area contributed by atoms with Crippen molar-refractivity contribution in [1.29, 1.82) is 0 Å². The molecule has 0 aliphatic heterocycles. The minimum atomic E-state index is -4.07. The maximum atomic E-state index is 14.5. The average molecular weight is 464 g/mol. The highest BCUT2D eigenvalue weighted by atomic mass is 35.5. The third-order valence-corrected chi connectivity index (χ3v) is 6.53. The summed E-state index contributed by atoms with van der Waals surface area (Å²) in [5.74, 6) is -0.333. The predicted octanol–water partition coefficient (Wildman–Crippen LogP) is 4.79. The predicted molar refractivity (Wildman–Crippen MR) is 115 cm³/mol. The van der Waals surface area contributed by atoms with E-state index >= 15 is 0 Å². The number of H-pyrrole nitrogens is 1. The summed E-state index contributed by atoms with van der Waals surface area (Å²) in [5.41, 5.74) is 2.21. The number of nitrogens with one attached hydrogen (secondary N) is 3. The molecular formula is C19H15ClFN5O2S2. The van der Waals surface area contributed by atoms with E-state index < -0.39 is 20.7 Å². The van der Waals surface area contributed by atoms with E-state index in [4.69, 9.17) is 11.6 Å². The number of nitrogens with zero attached hydrogens (tertiary/aromatic N) is 2. The fourth-order valence-corrected chi connectivity index (χ4v) is 4.70. The topological polar surface area (TPSA) is 99.8 Å². The van der Waals surface area contributed by atoms with Crippen LogP contribution >= 0.6 is 22.9 Å². The van der Waals surface area contributed by atoms with E-state index in [1.54, 1.807) is 11.4 Å². The van der Waals surface area contributed by atoms with E-state index in [9.17, 15) is 12.8 Å². The van der Waals surface area contributed by atoms with Crippen molar-refractivity contribution in [1.82, 2.24) is 15.2 Å². The van der Waals surface area contributed by atoms with Gasteiger partial charge in [-0.25, -0.2) is 17.8 Å². The number of halogens is 2. The number of thiazole rings is 1. The number of hydrogen-bond acceptors (Lipinski definition) is 6. The zero-order valence-corrected chi connectivity index (χ0v) is 17.7. The van der Waals surface area contributed by atoms with Crippen molar-refractivity contribution in [2.45, 2.75) is 11.3 Å². The molecule has 2 aromatic heterocycles. The van der Waals surface area contributed by atoms with Crippen LogP contribution in [-0.4, -0.2) is 23.6 Å². The minimum Gasteiger partial charge on any atom is -0.341 e. The molecule has 0 fully saturated rings. The Morgan fingerprint density at radius 3 is 2.63 bits per heavy atom. The fourth-order valence-electron chi connectivity index (χ4n) is 2.72. The molecule has 0 atom stereocenters. The Kier molecular flexibility index (Phi) is 5.71. The lowest BCUT2D eigenvalue weighted by Gasteiger charge is -2.09. The lowest BCUT2D eigenvalue weighted by atomic mass is 10.1. The molecule has 0 spiro atoms. The van der Waals surface area contributed by atoms with Gasteiger partial charge in [0.25, 0.3) is 10.0 Å². The number of rotatable bonds is 7. The first-order valence-corrected chi connectivity index (χ1v) is 11.4. The van der Waals surface area contributed by atoms with E-state index in [-0.39, 0.29) is 5.13 Å². The SMILES string of the molecule is O=S(=O)(Nc1nccs1)c1ccc(Nc2cc(Cc3ccc(Cl)cc3)n[nH]2)cc1F. The second-order valence-electron chi connectivity index (χ2n) is 6.29. The number of aromatic nitrogens is 3. The number of anilines is 3. The van der Waals surface area contributed by atoms with Crippen molar-refractivity contribution < 1.29 is 12.8 Å². The molecule has 0 bridgehead atoms. The van der Waals surface area contributed by atoms with E-state index in [1.165, 1.54) is 18.3 Å². The Balaban J connectivity index is 1.46. The molecule has 0 unspecified atom stereocenters. The van der Waals surface area contributed by atoms with Crippen LogP contribution in [0.2, 0.25) is 5.02 Å². The number of aromatic amines is 1. The Morgan fingerprint density at radius 2 is 1.93 bits per heavy atom.